The maximum atomic E-state index is 13.0. The molecule has 1 atom stereocenters. The van der Waals surface area contributed by atoms with Gasteiger partial charge >= 0.3 is 12.0 Å². The summed E-state index contributed by atoms with van der Waals surface area (Å²) in [6, 6.07) is 13.0. The lowest BCUT2D eigenvalue weighted by atomic mass is 9.94. The molecule has 0 aromatic heterocycles. The van der Waals surface area contributed by atoms with Crippen LogP contribution in [-0.2, 0) is 9.53 Å². The quantitative estimate of drug-likeness (QED) is 0.613. The molecule has 0 aliphatic carbocycles. The molecule has 164 valence electrons. The number of ether oxygens (including phenoxy) is 3. The molecule has 0 saturated carbocycles. The minimum atomic E-state index is -0.752. The van der Waals surface area contributed by atoms with E-state index in [9.17, 15) is 9.59 Å². The first-order valence-electron chi connectivity index (χ1n) is 9.99. The number of benzene rings is 2. The van der Waals surface area contributed by atoms with Crippen molar-refractivity contribution in [3.05, 3.63) is 70.4 Å². The van der Waals surface area contributed by atoms with E-state index in [4.69, 9.17) is 25.8 Å². The second-order valence-corrected chi connectivity index (χ2v) is 7.10. The number of esters is 1. The summed E-state index contributed by atoms with van der Waals surface area (Å²) in [4.78, 5) is 27.3. The van der Waals surface area contributed by atoms with Gasteiger partial charge in [0.1, 0.15) is 18.1 Å². The van der Waals surface area contributed by atoms with Crippen molar-refractivity contribution in [1.29, 1.82) is 0 Å². The zero-order chi connectivity index (χ0) is 22.4. The Kier molecular flexibility index (Phi) is 7.41. The van der Waals surface area contributed by atoms with Gasteiger partial charge in [-0.2, -0.15) is 0 Å². The van der Waals surface area contributed by atoms with Crippen LogP contribution < -0.4 is 14.8 Å². The van der Waals surface area contributed by atoms with E-state index in [0.717, 1.165) is 0 Å². The normalized spacial score (nSPS) is 16.1. The number of carbonyl (C=O) groups is 2. The molecule has 1 aliphatic rings. The van der Waals surface area contributed by atoms with Crippen LogP contribution in [0.15, 0.2) is 59.8 Å². The Labute approximate surface area is 186 Å². The zero-order valence-electron chi connectivity index (χ0n) is 17.7. The number of likely N-dealkylation sites (N-methyl/N-ethyl adjacent to an activating group) is 1. The van der Waals surface area contributed by atoms with Gasteiger partial charge in [0, 0.05) is 11.6 Å². The number of urea groups is 1. The number of rotatable bonds is 8. The first-order valence-corrected chi connectivity index (χ1v) is 10.4. The fraction of sp³-hybridized carbons (Fsp3) is 0.304. The number of hydrogen-bond acceptors (Lipinski definition) is 5. The van der Waals surface area contributed by atoms with Crippen molar-refractivity contribution < 1.29 is 23.8 Å². The van der Waals surface area contributed by atoms with E-state index in [1.165, 1.54) is 4.90 Å². The van der Waals surface area contributed by atoms with Crippen LogP contribution >= 0.6 is 11.6 Å². The molecule has 31 heavy (non-hydrogen) atoms. The van der Waals surface area contributed by atoms with Gasteiger partial charge in [0.2, 0.25) is 0 Å². The fourth-order valence-electron chi connectivity index (χ4n) is 3.41. The summed E-state index contributed by atoms with van der Waals surface area (Å²) in [7, 11) is 1.58. The van der Waals surface area contributed by atoms with Crippen molar-refractivity contribution >= 4 is 23.6 Å². The molecule has 0 bridgehead atoms. The van der Waals surface area contributed by atoms with E-state index in [0.29, 0.717) is 39.9 Å². The highest BCUT2D eigenvalue weighted by Crippen LogP contribution is 2.35. The Hall–Kier alpha value is -3.19. The molecule has 1 N–H and O–H groups in total. The van der Waals surface area contributed by atoms with Gasteiger partial charge in [-0.1, -0.05) is 29.8 Å². The van der Waals surface area contributed by atoms with Gasteiger partial charge in [-0.25, -0.2) is 9.59 Å². The van der Waals surface area contributed by atoms with Gasteiger partial charge in [0.05, 0.1) is 31.0 Å². The smallest absolute Gasteiger partial charge is 0.338 e. The average Bonchev–Trinajstić information content (AvgIpc) is 2.78. The molecule has 7 nitrogen and oxygen atoms in total. The lowest BCUT2D eigenvalue weighted by molar-refractivity contribution is -0.139. The molecule has 2 aromatic rings. The van der Waals surface area contributed by atoms with Crippen LogP contribution in [0.3, 0.4) is 0 Å². The van der Waals surface area contributed by atoms with Gasteiger partial charge in [0.25, 0.3) is 0 Å². The summed E-state index contributed by atoms with van der Waals surface area (Å²) in [5, 5.41) is 3.32. The Bertz CT molecular complexity index is 974. The third-order valence-electron chi connectivity index (χ3n) is 4.90. The molecule has 8 heteroatoms. The highest BCUT2D eigenvalue weighted by Gasteiger charge is 2.38. The van der Waals surface area contributed by atoms with Crippen molar-refractivity contribution in [3.8, 4) is 11.5 Å². The third-order valence-corrected chi connectivity index (χ3v) is 5.25. The van der Waals surface area contributed by atoms with E-state index in [2.05, 4.69) is 5.32 Å². The second kappa shape index (κ2) is 10.2. The van der Waals surface area contributed by atoms with Crippen molar-refractivity contribution in [2.24, 2.45) is 0 Å². The Morgan fingerprint density at radius 1 is 1.10 bits per heavy atom. The average molecular weight is 445 g/mol. The summed E-state index contributed by atoms with van der Waals surface area (Å²) >= 11 is 6.39. The van der Waals surface area contributed by atoms with Crippen molar-refractivity contribution in [2.45, 2.75) is 19.9 Å². The molecule has 2 aromatic carbocycles. The largest absolute Gasteiger partial charge is 0.497 e. The predicted octanol–water partition coefficient (Wildman–Crippen LogP) is 4.33. The summed E-state index contributed by atoms with van der Waals surface area (Å²) < 4.78 is 16.4. The number of carbonyl (C=O) groups excluding carboxylic acids is 2. The van der Waals surface area contributed by atoms with Crippen molar-refractivity contribution in [1.82, 2.24) is 10.2 Å². The monoisotopic (exact) mass is 444 g/mol. The molecule has 0 saturated heterocycles. The predicted molar refractivity (Wildman–Crippen MR) is 117 cm³/mol. The summed E-state index contributed by atoms with van der Waals surface area (Å²) in [6.07, 6.45) is 0. The minimum Gasteiger partial charge on any atom is -0.497 e. The molecule has 0 spiro atoms. The van der Waals surface area contributed by atoms with Crippen molar-refractivity contribution in [3.63, 3.8) is 0 Å². The van der Waals surface area contributed by atoms with Crippen LogP contribution in [0.4, 0.5) is 4.79 Å². The van der Waals surface area contributed by atoms with Crippen molar-refractivity contribution in [2.75, 3.05) is 26.9 Å². The summed E-state index contributed by atoms with van der Waals surface area (Å²) in [5.41, 5.74) is 1.34. The lowest BCUT2D eigenvalue weighted by Crippen LogP contribution is -2.49. The first-order chi connectivity index (χ1) is 15.0. The first kappa shape index (κ1) is 22.5. The van der Waals surface area contributed by atoms with Crippen LogP contribution in [0.5, 0.6) is 11.5 Å². The third kappa shape index (κ3) is 4.94. The molecule has 1 unspecified atom stereocenters. The minimum absolute atomic E-state index is 0.00267. The molecule has 0 radical (unpaired) electrons. The van der Waals surface area contributed by atoms with Gasteiger partial charge in [0.15, 0.2) is 0 Å². The van der Waals surface area contributed by atoms with Gasteiger partial charge in [-0.3, -0.25) is 4.90 Å². The zero-order valence-corrected chi connectivity index (χ0v) is 18.4. The van der Waals surface area contributed by atoms with E-state index < -0.39 is 12.0 Å². The van der Waals surface area contributed by atoms with Gasteiger partial charge < -0.3 is 19.5 Å². The number of methoxy groups -OCH3 is 1. The molecule has 3 rings (SSSR count). The molecule has 1 aliphatic heterocycles. The Morgan fingerprint density at radius 3 is 2.39 bits per heavy atom. The number of hydrogen-bond donors (Lipinski definition) is 1. The topological polar surface area (TPSA) is 77.1 Å². The SMILES string of the molecule is CCOC(=O)C1=C(COc2ccc(OC)cc2)N(CC)C(=O)NC1c1ccccc1Cl. The lowest BCUT2D eigenvalue weighted by Gasteiger charge is -2.36. The number of amides is 2. The molecular weight excluding hydrogens is 420 g/mol. The molecule has 0 fully saturated rings. The van der Waals surface area contributed by atoms with Crippen LogP contribution in [0.2, 0.25) is 5.02 Å². The maximum Gasteiger partial charge on any atom is 0.338 e. The molecular formula is C23H25ClN2O5. The fourth-order valence-corrected chi connectivity index (χ4v) is 3.65. The number of nitrogens with zero attached hydrogens (tertiary/aromatic N) is 1. The number of halogens is 1. The maximum absolute atomic E-state index is 13.0. The van der Waals surface area contributed by atoms with Crippen LogP contribution in [0.25, 0.3) is 0 Å². The summed E-state index contributed by atoms with van der Waals surface area (Å²) in [5.74, 6) is 0.747. The highest BCUT2D eigenvalue weighted by atomic mass is 35.5. The number of nitrogens with one attached hydrogen (secondary N) is 1. The molecule has 2 amide bonds. The van der Waals surface area contributed by atoms with E-state index in [1.54, 1.807) is 62.6 Å². The highest BCUT2D eigenvalue weighted by molar-refractivity contribution is 6.31. The molecule has 1 heterocycles. The van der Waals surface area contributed by atoms with E-state index in [-0.39, 0.29) is 19.2 Å². The van der Waals surface area contributed by atoms with E-state index in [1.807, 2.05) is 6.92 Å². The van der Waals surface area contributed by atoms with Crippen LogP contribution in [0, 0.1) is 0 Å². The van der Waals surface area contributed by atoms with Crippen LogP contribution in [0.1, 0.15) is 25.5 Å². The standard InChI is InChI=1S/C23H25ClN2O5/c1-4-26-19(14-31-16-12-10-15(29-3)11-13-16)20(22(27)30-5-2)21(25-23(26)28)17-8-6-7-9-18(17)24/h6-13,21H,4-5,14H2,1-3H3,(H,25,28). The van der Waals surface area contributed by atoms with E-state index >= 15 is 0 Å². The van der Waals surface area contributed by atoms with Gasteiger partial charge in [-0.15, -0.1) is 0 Å². The summed E-state index contributed by atoms with van der Waals surface area (Å²) in [6.45, 7) is 4.11. The van der Waals surface area contributed by atoms with Crippen LogP contribution in [-0.4, -0.2) is 43.8 Å². The Balaban J connectivity index is 2.04. The Morgan fingerprint density at radius 2 is 1.77 bits per heavy atom. The second-order valence-electron chi connectivity index (χ2n) is 6.69. The van der Waals surface area contributed by atoms with Gasteiger partial charge in [-0.05, 0) is 49.7 Å².